The van der Waals surface area contributed by atoms with Gasteiger partial charge in [0.25, 0.3) is 5.91 Å². The molecule has 0 bridgehead atoms. The fourth-order valence-electron chi connectivity index (χ4n) is 3.54. The van der Waals surface area contributed by atoms with Crippen LogP contribution in [0, 0.1) is 20.8 Å². The summed E-state index contributed by atoms with van der Waals surface area (Å²) in [5.41, 5.74) is 5.21. The van der Waals surface area contributed by atoms with Crippen LogP contribution in [-0.4, -0.2) is 26.7 Å². The van der Waals surface area contributed by atoms with Crippen molar-refractivity contribution in [2.75, 3.05) is 26.1 Å². The summed E-state index contributed by atoms with van der Waals surface area (Å²) in [5, 5.41) is 2.90. The molecular weight excluding hydrogens is 418 g/mol. The second-order valence-corrected chi connectivity index (χ2v) is 7.77. The number of amides is 1. The van der Waals surface area contributed by atoms with Crippen molar-refractivity contribution in [1.82, 2.24) is 0 Å². The van der Waals surface area contributed by atoms with Crippen LogP contribution in [0.1, 0.15) is 39.5 Å². The summed E-state index contributed by atoms with van der Waals surface area (Å²) < 4.78 is 22.5. The molecule has 3 aromatic carbocycles. The van der Waals surface area contributed by atoms with Crippen molar-refractivity contribution in [3.05, 3.63) is 76.3 Å². The van der Waals surface area contributed by atoms with Gasteiger partial charge in [0.15, 0.2) is 0 Å². The topological polar surface area (TPSA) is 66.0 Å². The SMILES string of the molecule is CCOc1ccc(C(=O)Nc2cc(OC)ccc2OC)cc1COc1cc(C)cc(C)c1C. The first-order valence-electron chi connectivity index (χ1n) is 10.9. The van der Waals surface area contributed by atoms with Crippen LogP contribution in [0.4, 0.5) is 5.69 Å². The Kier molecular flexibility index (Phi) is 7.83. The molecule has 0 radical (unpaired) electrons. The summed E-state index contributed by atoms with van der Waals surface area (Å²) >= 11 is 0. The number of aryl methyl sites for hydroxylation is 2. The lowest BCUT2D eigenvalue weighted by atomic mass is 10.1. The van der Waals surface area contributed by atoms with Crippen molar-refractivity contribution in [2.45, 2.75) is 34.3 Å². The molecule has 0 aliphatic carbocycles. The van der Waals surface area contributed by atoms with Gasteiger partial charge in [-0.2, -0.15) is 0 Å². The van der Waals surface area contributed by atoms with E-state index in [0.717, 1.165) is 22.4 Å². The Bertz CT molecular complexity index is 1140. The summed E-state index contributed by atoms with van der Waals surface area (Å²) in [6.07, 6.45) is 0. The van der Waals surface area contributed by atoms with Gasteiger partial charge < -0.3 is 24.3 Å². The molecule has 6 nitrogen and oxygen atoms in total. The van der Waals surface area contributed by atoms with E-state index in [-0.39, 0.29) is 12.5 Å². The first-order chi connectivity index (χ1) is 15.9. The van der Waals surface area contributed by atoms with Gasteiger partial charge in [0.2, 0.25) is 0 Å². The van der Waals surface area contributed by atoms with Crippen LogP contribution in [0.15, 0.2) is 48.5 Å². The second kappa shape index (κ2) is 10.8. The maximum Gasteiger partial charge on any atom is 0.255 e. The molecule has 0 heterocycles. The maximum atomic E-state index is 13.0. The molecule has 174 valence electrons. The first kappa shape index (κ1) is 24.0. The highest BCUT2D eigenvalue weighted by Crippen LogP contribution is 2.30. The molecular formula is C27H31NO5. The van der Waals surface area contributed by atoms with Crippen molar-refractivity contribution in [2.24, 2.45) is 0 Å². The number of carbonyl (C=O) groups excluding carboxylic acids is 1. The number of benzene rings is 3. The van der Waals surface area contributed by atoms with Crippen LogP contribution in [-0.2, 0) is 6.61 Å². The van der Waals surface area contributed by atoms with Crippen molar-refractivity contribution in [1.29, 1.82) is 0 Å². The van der Waals surface area contributed by atoms with Crippen LogP contribution in [0.3, 0.4) is 0 Å². The van der Waals surface area contributed by atoms with Crippen LogP contribution in [0.25, 0.3) is 0 Å². The van der Waals surface area contributed by atoms with Gasteiger partial charge in [-0.05, 0) is 80.8 Å². The van der Waals surface area contributed by atoms with Crippen molar-refractivity contribution in [3.63, 3.8) is 0 Å². The number of nitrogens with one attached hydrogen (secondary N) is 1. The largest absolute Gasteiger partial charge is 0.497 e. The molecule has 0 atom stereocenters. The van der Waals surface area contributed by atoms with Crippen LogP contribution in [0.2, 0.25) is 0 Å². The summed E-state index contributed by atoms with van der Waals surface area (Å²) in [6, 6.07) is 14.7. The van der Waals surface area contributed by atoms with E-state index in [9.17, 15) is 4.79 Å². The minimum Gasteiger partial charge on any atom is -0.497 e. The van der Waals surface area contributed by atoms with Crippen molar-refractivity contribution < 1.29 is 23.7 Å². The minimum absolute atomic E-state index is 0.270. The monoisotopic (exact) mass is 449 g/mol. The second-order valence-electron chi connectivity index (χ2n) is 7.77. The van der Waals surface area contributed by atoms with Gasteiger partial charge >= 0.3 is 0 Å². The third kappa shape index (κ3) is 5.77. The standard InChI is InChI=1S/C27H31NO5/c1-7-32-24-10-8-20(27(29)28-23-15-22(30-5)9-11-25(23)31-6)14-21(24)16-33-26-13-17(2)12-18(3)19(26)4/h8-15H,7,16H2,1-6H3,(H,28,29). The van der Waals surface area contributed by atoms with E-state index < -0.39 is 0 Å². The fraction of sp³-hybridized carbons (Fsp3) is 0.296. The summed E-state index contributed by atoms with van der Waals surface area (Å²) in [6.45, 7) is 8.87. The Hall–Kier alpha value is -3.67. The quantitative estimate of drug-likeness (QED) is 0.443. The normalized spacial score (nSPS) is 10.5. The fourth-order valence-corrected chi connectivity index (χ4v) is 3.54. The Morgan fingerprint density at radius 3 is 2.30 bits per heavy atom. The number of carbonyl (C=O) groups is 1. The van der Waals surface area contributed by atoms with Crippen LogP contribution in [0.5, 0.6) is 23.0 Å². The summed E-state index contributed by atoms with van der Waals surface area (Å²) in [4.78, 5) is 13.0. The molecule has 0 fully saturated rings. The van der Waals surface area contributed by atoms with Gasteiger partial charge in [-0.25, -0.2) is 0 Å². The van der Waals surface area contributed by atoms with Crippen LogP contribution < -0.4 is 24.3 Å². The molecule has 6 heteroatoms. The lowest BCUT2D eigenvalue weighted by molar-refractivity contribution is 0.102. The van der Waals surface area contributed by atoms with Gasteiger partial charge in [-0.15, -0.1) is 0 Å². The van der Waals surface area contributed by atoms with E-state index in [2.05, 4.69) is 18.3 Å². The third-order valence-corrected chi connectivity index (χ3v) is 5.42. The predicted molar refractivity (Wildman–Crippen MR) is 130 cm³/mol. The maximum absolute atomic E-state index is 13.0. The molecule has 3 rings (SSSR count). The molecule has 0 aromatic heterocycles. The highest BCUT2D eigenvalue weighted by Gasteiger charge is 2.15. The smallest absolute Gasteiger partial charge is 0.255 e. The molecule has 33 heavy (non-hydrogen) atoms. The molecule has 0 saturated heterocycles. The minimum atomic E-state index is -0.270. The van der Waals surface area contributed by atoms with Crippen molar-refractivity contribution >= 4 is 11.6 Å². The highest BCUT2D eigenvalue weighted by molar-refractivity contribution is 6.05. The number of hydrogen-bond acceptors (Lipinski definition) is 5. The molecule has 0 unspecified atom stereocenters. The number of anilines is 1. The molecule has 0 spiro atoms. The number of methoxy groups -OCH3 is 2. The van der Waals surface area contributed by atoms with Gasteiger partial charge in [-0.3, -0.25) is 4.79 Å². The predicted octanol–water partition coefficient (Wildman–Crippen LogP) is 5.86. The molecule has 3 aromatic rings. The lowest BCUT2D eigenvalue weighted by Gasteiger charge is -2.16. The zero-order valence-electron chi connectivity index (χ0n) is 20.1. The van der Waals surface area contributed by atoms with Gasteiger partial charge in [0.05, 0.1) is 26.5 Å². The zero-order chi connectivity index (χ0) is 24.0. The average molecular weight is 450 g/mol. The molecule has 0 aliphatic heterocycles. The van der Waals surface area contributed by atoms with Gasteiger partial charge in [-0.1, -0.05) is 6.07 Å². The van der Waals surface area contributed by atoms with E-state index >= 15 is 0 Å². The molecule has 1 amide bonds. The number of hydrogen-bond donors (Lipinski definition) is 1. The number of rotatable bonds is 9. The lowest BCUT2D eigenvalue weighted by Crippen LogP contribution is -2.14. The molecule has 1 N–H and O–H groups in total. The third-order valence-electron chi connectivity index (χ3n) is 5.42. The first-order valence-corrected chi connectivity index (χ1v) is 10.9. The van der Waals surface area contributed by atoms with E-state index in [4.69, 9.17) is 18.9 Å². The highest BCUT2D eigenvalue weighted by atomic mass is 16.5. The Morgan fingerprint density at radius 1 is 0.848 bits per heavy atom. The van der Waals surface area contributed by atoms with E-state index in [1.54, 1.807) is 50.6 Å². The molecule has 0 aliphatic rings. The molecule has 0 saturated carbocycles. The summed E-state index contributed by atoms with van der Waals surface area (Å²) in [5.74, 6) is 2.41. The van der Waals surface area contributed by atoms with Crippen LogP contribution >= 0.6 is 0 Å². The Morgan fingerprint density at radius 2 is 1.61 bits per heavy atom. The van der Waals surface area contributed by atoms with E-state index in [1.807, 2.05) is 26.8 Å². The average Bonchev–Trinajstić information content (AvgIpc) is 2.81. The van der Waals surface area contributed by atoms with Crippen molar-refractivity contribution in [3.8, 4) is 23.0 Å². The number of ether oxygens (including phenoxy) is 4. The van der Waals surface area contributed by atoms with Gasteiger partial charge in [0.1, 0.15) is 29.6 Å². The van der Waals surface area contributed by atoms with Gasteiger partial charge in [0, 0.05) is 17.2 Å². The van der Waals surface area contributed by atoms with E-state index in [1.165, 1.54) is 5.56 Å². The van der Waals surface area contributed by atoms with E-state index in [0.29, 0.717) is 35.1 Å². The zero-order valence-corrected chi connectivity index (χ0v) is 20.1. The summed E-state index contributed by atoms with van der Waals surface area (Å²) in [7, 11) is 3.13. The Balaban J connectivity index is 1.86. The Labute approximate surface area is 195 Å².